The SMILES string of the molecule is C=C/C=C(C)\C(=C/CC)OC. The van der Waals surface area contributed by atoms with E-state index in [2.05, 4.69) is 19.6 Å². The summed E-state index contributed by atoms with van der Waals surface area (Å²) < 4.78 is 5.15. The van der Waals surface area contributed by atoms with Gasteiger partial charge in [0.15, 0.2) is 0 Å². The molecular weight excluding hydrogens is 136 g/mol. The van der Waals surface area contributed by atoms with E-state index in [1.807, 2.05) is 13.0 Å². The highest BCUT2D eigenvalue weighted by Crippen LogP contribution is 2.10. The van der Waals surface area contributed by atoms with Crippen molar-refractivity contribution in [1.82, 2.24) is 0 Å². The molecule has 0 spiro atoms. The van der Waals surface area contributed by atoms with Crippen molar-refractivity contribution in [3.63, 3.8) is 0 Å². The quantitative estimate of drug-likeness (QED) is 0.444. The first-order chi connectivity index (χ1) is 5.26. The van der Waals surface area contributed by atoms with Crippen LogP contribution in [0.15, 0.2) is 36.1 Å². The van der Waals surface area contributed by atoms with Crippen LogP contribution in [-0.2, 0) is 4.74 Å². The molecule has 0 aliphatic heterocycles. The van der Waals surface area contributed by atoms with Crippen molar-refractivity contribution in [3.8, 4) is 0 Å². The number of hydrogen-bond donors (Lipinski definition) is 0. The molecule has 0 aromatic rings. The van der Waals surface area contributed by atoms with E-state index < -0.39 is 0 Å². The molecule has 0 amide bonds. The lowest BCUT2D eigenvalue weighted by Crippen LogP contribution is -1.87. The summed E-state index contributed by atoms with van der Waals surface area (Å²) in [5.41, 5.74) is 1.12. The Bertz CT molecular complexity index is 175. The maximum Gasteiger partial charge on any atom is 0.117 e. The molecule has 0 aromatic carbocycles. The van der Waals surface area contributed by atoms with Crippen molar-refractivity contribution in [3.05, 3.63) is 36.1 Å². The molecular formula is C10H16O. The maximum absolute atomic E-state index is 5.15. The molecule has 0 atom stereocenters. The minimum atomic E-state index is 0.937. The standard InChI is InChI=1S/C10H16O/c1-5-7-9(3)10(11-4)8-6-2/h5,7-8H,1,6H2,2-4H3/b9-7-,10-8+. The van der Waals surface area contributed by atoms with Gasteiger partial charge in [0.1, 0.15) is 5.76 Å². The Labute approximate surface area is 69.1 Å². The van der Waals surface area contributed by atoms with Crippen LogP contribution in [0.25, 0.3) is 0 Å². The predicted octanol–water partition coefficient (Wildman–Crippen LogP) is 3.06. The second-order valence-electron chi connectivity index (χ2n) is 2.27. The van der Waals surface area contributed by atoms with Crippen LogP contribution in [0.1, 0.15) is 20.3 Å². The zero-order valence-corrected chi connectivity index (χ0v) is 7.55. The van der Waals surface area contributed by atoms with Gasteiger partial charge < -0.3 is 4.74 Å². The van der Waals surface area contributed by atoms with Crippen LogP contribution in [0.5, 0.6) is 0 Å². The minimum absolute atomic E-state index is 0.937. The Balaban J connectivity index is 4.37. The Morgan fingerprint density at radius 2 is 2.18 bits per heavy atom. The predicted molar refractivity (Wildman–Crippen MR) is 49.3 cm³/mol. The molecule has 1 nitrogen and oxygen atoms in total. The van der Waals surface area contributed by atoms with Crippen LogP contribution in [-0.4, -0.2) is 7.11 Å². The topological polar surface area (TPSA) is 9.23 Å². The van der Waals surface area contributed by atoms with Crippen molar-refractivity contribution in [2.24, 2.45) is 0 Å². The molecule has 0 unspecified atom stereocenters. The Kier molecular flexibility index (Phi) is 5.26. The highest BCUT2D eigenvalue weighted by molar-refractivity contribution is 5.26. The molecule has 11 heavy (non-hydrogen) atoms. The largest absolute Gasteiger partial charge is 0.497 e. The van der Waals surface area contributed by atoms with Crippen LogP contribution >= 0.6 is 0 Å². The van der Waals surface area contributed by atoms with Gasteiger partial charge in [0, 0.05) is 0 Å². The van der Waals surface area contributed by atoms with Gasteiger partial charge in [-0.3, -0.25) is 0 Å². The molecule has 0 saturated heterocycles. The van der Waals surface area contributed by atoms with Crippen molar-refractivity contribution in [2.75, 3.05) is 7.11 Å². The first kappa shape index (κ1) is 10.0. The second-order valence-corrected chi connectivity index (χ2v) is 2.27. The van der Waals surface area contributed by atoms with Crippen LogP contribution in [0.3, 0.4) is 0 Å². The highest BCUT2D eigenvalue weighted by atomic mass is 16.5. The maximum atomic E-state index is 5.15. The number of methoxy groups -OCH3 is 1. The lowest BCUT2D eigenvalue weighted by Gasteiger charge is -2.04. The van der Waals surface area contributed by atoms with E-state index in [0.717, 1.165) is 17.8 Å². The fourth-order valence-electron chi connectivity index (χ4n) is 0.850. The molecule has 0 radical (unpaired) electrons. The molecule has 0 rings (SSSR count). The third-order valence-corrected chi connectivity index (χ3v) is 1.37. The number of hydrogen-bond acceptors (Lipinski definition) is 1. The van der Waals surface area contributed by atoms with E-state index in [4.69, 9.17) is 4.74 Å². The monoisotopic (exact) mass is 152 g/mol. The summed E-state index contributed by atoms with van der Waals surface area (Å²) in [6, 6.07) is 0. The van der Waals surface area contributed by atoms with E-state index in [9.17, 15) is 0 Å². The molecule has 62 valence electrons. The first-order valence-corrected chi connectivity index (χ1v) is 3.80. The third-order valence-electron chi connectivity index (χ3n) is 1.37. The summed E-state index contributed by atoms with van der Waals surface area (Å²) in [5.74, 6) is 0.937. The molecule has 0 aliphatic rings. The molecule has 0 aromatic heterocycles. The van der Waals surface area contributed by atoms with Gasteiger partial charge in [0.25, 0.3) is 0 Å². The number of ether oxygens (including phenoxy) is 1. The summed E-state index contributed by atoms with van der Waals surface area (Å²) in [5, 5.41) is 0. The lowest BCUT2D eigenvalue weighted by atomic mass is 10.2. The van der Waals surface area contributed by atoms with Gasteiger partial charge in [-0.2, -0.15) is 0 Å². The Hall–Kier alpha value is -0.980. The summed E-state index contributed by atoms with van der Waals surface area (Å²) in [4.78, 5) is 0. The van der Waals surface area contributed by atoms with Gasteiger partial charge in [0.2, 0.25) is 0 Å². The average Bonchev–Trinajstić information content (AvgIpc) is 2.00. The van der Waals surface area contributed by atoms with Gasteiger partial charge in [-0.05, 0) is 25.0 Å². The van der Waals surface area contributed by atoms with Gasteiger partial charge >= 0.3 is 0 Å². The van der Waals surface area contributed by atoms with E-state index in [1.165, 1.54) is 0 Å². The first-order valence-electron chi connectivity index (χ1n) is 3.80. The highest BCUT2D eigenvalue weighted by Gasteiger charge is 1.95. The summed E-state index contributed by atoms with van der Waals surface area (Å²) in [6.07, 6.45) is 6.74. The number of allylic oxidation sites excluding steroid dienone is 4. The zero-order chi connectivity index (χ0) is 8.69. The van der Waals surface area contributed by atoms with Crippen molar-refractivity contribution >= 4 is 0 Å². The number of rotatable bonds is 4. The average molecular weight is 152 g/mol. The Morgan fingerprint density at radius 1 is 1.55 bits per heavy atom. The van der Waals surface area contributed by atoms with Crippen LogP contribution in [0, 0.1) is 0 Å². The molecule has 0 fully saturated rings. The second kappa shape index (κ2) is 5.78. The van der Waals surface area contributed by atoms with Crippen LogP contribution < -0.4 is 0 Å². The normalized spacial score (nSPS) is 13.0. The van der Waals surface area contributed by atoms with Crippen molar-refractivity contribution < 1.29 is 4.74 Å². The fourth-order valence-corrected chi connectivity index (χ4v) is 0.850. The molecule has 0 N–H and O–H groups in total. The van der Waals surface area contributed by atoms with Crippen molar-refractivity contribution in [2.45, 2.75) is 20.3 Å². The fraction of sp³-hybridized carbons (Fsp3) is 0.400. The van der Waals surface area contributed by atoms with Crippen LogP contribution in [0.2, 0.25) is 0 Å². The molecule has 0 bridgehead atoms. The summed E-state index contributed by atoms with van der Waals surface area (Å²) in [7, 11) is 1.68. The van der Waals surface area contributed by atoms with Gasteiger partial charge in [-0.15, -0.1) is 0 Å². The molecule has 0 aliphatic carbocycles. The lowest BCUT2D eigenvalue weighted by molar-refractivity contribution is 0.299. The van der Waals surface area contributed by atoms with E-state index in [-0.39, 0.29) is 0 Å². The van der Waals surface area contributed by atoms with Crippen molar-refractivity contribution in [1.29, 1.82) is 0 Å². The van der Waals surface area contributed by atoms with Gasteiger partial charge in [-0.1, -0.05) is 25.7 Å². The van der Waals surface area contributed by atoms with Crippen LogP contribution in [0.4, 0.5) is 0 Å². The van der Waals surface area contributed by atoms with E-state index >= 15 is 0 Å². The zero-order valence-electron chi connectivity index (χ0n) is 7.55. The van der Waals surface area contributed by atoms with Gasteiger partial charge in [-0.25, -0.2) is 0 Å². The Morgan fingerprint density at radius 3 is 2.55 bits per heavy atom. The van der Waals surface area contributed by atoms with E-state index in [0.29, 0.717) is 0 Å². The molecule has 0 saturated carbocycles. The summed E-state index contributed by atoms with van der Waals surface area (Å²) >= 11 is 0. The third kappa shape index (κ3) is 3.66. The summed E-state index contributed by atoms with van der Waals surface area (Å²) in [6.45, 7) is 7.71. The van der Waals surface area contributed by atoms with Gasteiger partial charge in [0.05, 0.1) is 7.11 Å². The van der Waals surface area contributed by atoms with E-state index in [1.54, 1.807) is 13.2 Å². The minimum Gasteiger partial charge on any atom is -0.497 e. The molecule has 0 heterocycles. The smallest absolute Gasteiger partial charge is 0.117 e. The molecule has 1 heteroatoms.